The smallest absolute Gasteiger partial charge is 0.253 e. The summed E-state index contributed by atoms with van der Waals surface area (Å²) in [4.78, 5) is 0. The first-order valence-electron chi connectivity index (χ1n) is 5.69. The van der Waals surface area contributed by atoms with E-state index < -0.39 is 12.5 Å². The van der Waals surface area contributed by atoms with Crippen LogP contribution >= 0.6 is 11.6 Å². The molecule has 0 saturated carbocycles. The van der Waals surface area contributed by atoms with Crippen LogP contribution in [0, 0.1) is 0 Å². The van der Waals surface area contributed by atoms with Crippen LogP contribution in [0.4, 0.5) is 8.78 Å². The Hall–Kier alpha value is -1.07. The maximum Gasteiger partial charge on any atom is 0.253 e. The van der Waals surface area contributed by atoms with Crippen LogP contribution in [0.5, 0.6) is 11.5 Å². The minimum atomic E-state index is -2.56. The quantitative estimate of drug-likeness (QED) is 0.924. The molecule has 100 valence electrons. The third-order valence-corrected chi connectivity index (χ3v) is 2.94. The highest BCUT2D eigenvalue weighted by Crippen LogP contribution is 2.38. The summed E-state index contributed by atoms with van der Waals surface area (Å²) >= 11 is 6.05. The van der Waals surface area contributed by atoms with Crippen molar-refractivity contribution in [3.8, 4) is 11.5 Å². The summed E-state index contributed by atoms with van der Waals surface area (Å²) in [5, 5.41) is 0.367. The average Bonchev–Trinajstić information content (AvgIpc) is 2.54. The van der Waals surface area contributed by atoms with Crippen molar-refractivity contribution >= 4 is 11.6 Å². The number of ether oxygens (including phenoxy) is 2. The van der Waals surface area contributed by atoms with Gasteiger partial charge < -0.3 is 15.2 Å². The molecule has 6 heteroatoms. The van der Waals surface area contributed by atoms with Crippen LogP contribution in [-0.4, -0.2) is 25.7 Å². The molecule has 0 spiro atoms. The summed E-state index contributed by atoms with van der Waals surface area (Å²) in [5.41, 5.74) is 5.96. The van der Waals surface area contributed by atoms with Crippen LogP contribution in [0.2, 0.25) is 5.02 Å². The molecule has 1 heterocycles. The number of fused-ring (bicyclic) bond motifs is 1. The lowest BCUT2D eigenvalue weighted by atomic mass is 10.1. The van der Waals surface area contributed by atoms with Gasteiger partial charge in [-0.1, -0.05) is 11.6 Å². The first kappa shape index (κ1) is 13.4. The molecule has 2 N–H and O–H groups in total. The summed E-state index contributed by atoms with van der Waals surface area (Å²) < 4.78 is 35.7. The fraction of sp³-hybridized carbons (Fsp3) is 0.500. The number of hydrogen-bond acceptors (Lipinski definition) is 3. The van der Waals surface area contributed by atoms with Gasteiger partial charge >= 0.3 is 0 Å². The minimum Gasteiger partial charge on any atom is -0.489 e. The molecule has 1 aliphatic rings. The molecule has 0 radical (unpaired) electrons. The van der Waals surface area contributed by atoms with Crippen LogP contribution in [-0.2, 0) is 6.42 Å². The standard InChI is InChI=1S/C12H14ClF2NO2/c13-8-4-7(5-9(16)12(14)15)6-10-11(8)18-3-1-2-17-10/h4,6,9,12H,1-3,5,16H2. The van der Waals surface area contributed by atoms with E-state index in [1.807, 2.05) is 0 Å². The molecule has 1 aliphatic heterocycles. The van der Waals surface area contributed by atoms with Gasteiger partial charge in [-0.2, -0.15) is 0 Å². The summed E-state index contributed by atoms with van der Waals surface area (Å²) in [6.07, 6.45) is -1.75. The second kappa shape index (κ2) is 5.71. The van der Waals surface area contributed by atoms with E-state index in [0.29, 0.717) is 35.3 Å². The maximum atomic E-state index is 12.4. The predicted octanol–water partition coefficient (Wildman–Crippen LogP) is 2.64. The summed E-state index contributed by atoms with van der Waals surface area (Å²) in [5.74, 6) is 0.972. The third kappa shape index (κ3) is 3.03. The van der Waals surface area contributed by atoms with E-state index >= 15 is 0 Å². The number of halogens is 3. The number of nitrogens with two attached hydrogens (primary N) is 1. The molecule has 1 unspecified atom stereocenters. The zero-order chi connectivity index (χ0) is 13.1. The van der Waals surface area contributed by atoms with Crippen molar-refractivity contribution in [2.24, 2.45) is 5.73 Å². The molecule has 0 aromatic heterocycles. The number of hydrogen-bond donors (Lipinski definition) is 1. The van der Waals surface area contributed by atoms with Crippen LogP contribution in [0.1, 0.15) is 12.0 Å². The average molecular weight is 278 g/mol. The van der Waals surface area contributed by atoms with Gasteiger partial charge in [-0.25, -0.2) is 8.78 Å². The SMILES string of the molecule is NC(Cc1cc(Cl)c2c(c1)OCCCO2)C(F)F. The number of rotatable bonds is 3. The molecule has 0 saturated heterocycles. The van der Waals surface area contributed by atoms with Gasteiger partial charge in [0.15, 0.2) is 11.5 Å². The number of alkyl halides is 2. The van der Waals surface area contributed by atoms with Crippen LogP contribution in [0.25, 0.3) is 0 Å². The van der Waals surface area contributed by atoms with Crippen molar-refractivity contribution in [1.82, 2.24) is 0 Å². The molecule has 0 amide bonds. The Morgan fingerprint density at radius 2 is 2.00 bits per heavy atom. The molecule has 0 bridgehead atoms. The molecule has 3 nitrogen and oxygen atoms in total. The van der Waals surface area contributed by atoms with E-state index in [4.69, 9.17) is 26.8 Å². The predicted molar refractivity (Wildman–Crippen MR) is 64.7 cm³/mol. The van der Waals surface area contributed by atoms with Crippen molar-refractivity contribution in [2.75, 3.05) is 13.2 Å². The van der Waals surface area contributed by atoms with Gasteiger partial charge in [-0.05, 0) is 24.1 Å². The van der Waals surface area contributed by atoms with Gasteiger partial charge in [0.05, 0.1) is 24.3 Å². The van der Waals surface area contributed by atoms with E-state index in [1.54, 1.807) is 12.1 Å². The van der Waals surface area contributed by atoms with Gasteiger partial charge in [0, 0.05) is 6.42 Å². The second-order valence-corrected chi connectivity index (χ2v) is 4.57. The second-order valence-electron chi connectivity index (χ2n) is 4.16. The first-order valence-corrected chi connectivity index (χ1v) is 6.07. The zero-order valence-electron chi connectivity index (χ0n) is 9.67. The Morgan fingerprint density at radius 1 is 1.28 bits per heavy atom. The Bertz CT molecular complexity index is 429. The highest BCUT2D eigenvalue weighted by atomic mass is 35.5. The molecule has 18 heavy (non-hydrogen) atoms. The fourth-order valence-electron chi connectivity index (χ4n) is 1.76. The van der Waals surface area contributed by atoms with Crippen molar-refractivity contribution in [3.63, 3.8) is 0 Å². The highest BCUT2D eigenvalue weighted by molar-refractivity contribution is 6.32. The molecular weight excluding hydrogens is 264 g/mol. The van der Waals surface area contributed by atoms with Crippen molar-refractivity contribution in [2.45, 2.75) is 25.3 Å². The van der Waals surface area contributed by atoms with Crippen molar-refractivity contribution < 1.29 is 18.3 Å². The molecule has 0 aliphatic carbocycles. The van der Waals surface area contributed by atoms with E-state index in [2.05, 4.69) is 0 Å². The molecular formula is C12H14ClF2NO2. The third-order valence-electron chi connectivity index (χ3n) is 2.66. The van der Waals surface area contributed by atoms with Gasteiger partial charge in [-0.15, -0.1) is 0 Å². The van der Waals surface area contributed by atoms with Crippen molar-refractivity contribution in [1.29, 1.82) is 0 Å². The lowest BCUT2D eigenvalue weighted by Gasteiger charge is -2.14. The van der Waals surface area contributed by atoms with Crippen molar-refractivity contribution in [3.05, 3.63) is 22.7 Å². The first-order chi connectivity index (χ1) is 8.58. The van der Waals surface area contributed by atoms with Crippen LogP contribution in [0.3, 0.4) is 0 Å². The summed E-state index contributed by atoms with van der Waals surface area (Å²) in [7, 11) is 0. The number of benzene rings is 1. The lowest BCUT2D eigenvalue weighted by Crippen LogP contribution is -2.30. The van der Waals surface area contributed by atoms with Gasteiger partial charge in [-0.3, -0.25) is 0 Å². The molecule has 1 aromatic rings. The topological polar surface area (TPSA) is 44.5 Å². The molecule has 1 aromatic carbocycles. The maximum absolute atomic E-state index is 12.4. The molecule has 2 rings (SSSR count). The molecule has 0 fully saturated rings. The van der Waals surface area contributed by atoms with E-state index in [-0.39, 0.29) is 6.42 Å². The highest BCUT2D eigenvalue weighted by Gasteiger charge is 2.19. The molecule has 1 atom stereocenters. The summed E-state index contributed by atoms with van der Waals surface area (Å²) in [6, 6.07) is 2.05. The van der Waals surface area contributed by atoms with E-state index in [9.17, 15) is 8.78 Å². The Morgan fingerprint density at radius 3 is 2.72 bits per heavy atom. The van der Waals surface area contributed by atoms with Crippen LogP contribution < -0.4 is 15.2 Å². The van der Waals surface area contributed by atoms with E-state index in [0.717, 1.165) is 6.42 Å². The largest absolute Gasteiger partial charge is 0.489 e. The Balaban J connectivity index is 2.23. The van der Waals surface area contributed by atoms with Gasteiger partial charge in [0.1, 0.15) is 0 Å². The fourth-order valence-corrected chi connectivity index (χ4v) is 2.05. The Labute approximate surface area is 109 Å². The minimum absolute atomic E-state index is 0.0496. The van der Waals surface area contributed by atoms with Gasteiger partial charge in [0.2, 0.25) is 0 Å². The van der Waals surface area contributed by atoms with Gasteiger partial charge in [0.25, 0.3) is 6.43 Å². The lowest BCUT2D eigenvalue weighted by molar-refractivity contribution is 0.116. The normalized spacial score (nSPS) is 16.5. The summed E-state index contributed by atoms with van der Waals surface area (Å²) in [6.45, 7) is 1.05. The van der Waals surface area contributed by atoms with E-state index in [1.165, 1.54) is 0 Å². The Kier molecular flexibility index (Phi) is 4.24. The monoisotopic (exact) mass is 277 g/mol. The zero-order valence-corrected chi connectivity index (χ0v) is 10.4. The van der Waals surface area contributed by atoms with Crippen LogP contribution in [0.15, 0.2) is 12.1 Å².